The van der Waals surface area contributed by atoms with Crippen LogP contribution in [0, 0.1) is 0 Å². The van der Waals surface area contributed by atoms with E-state index in [9.17, 15) is 19.3 Å². The third-order valence-corrected chi connectivity index (χ3v) is 4.99. The van der Waals surface area contributed by atoms with E-state index >= 15 is 0 Å². The summed E-state index contributed by atoms with van der Waals surface area (Å²) in [5.41, 5.74) is 0.349. The number of nitrogens with zero attached hydrogens (tertiary/aromatic N) is 2. The molecule has 20 heavy (non-hydrogen) atoms. The van der Waals surface area contributed by atoms with E-state index in [1.54, 1.807) is 18.2 Å². The quantitative estimate of drug-likeness (QED) is 0.674. The minimum atomic E-state index is -3.00. The SMILES string of the molecule is Oc1c(-c2ccccn2)oc(N2CCCS2(O)O)c1O. The van der Waals surface area contributed by atoms with Crippen LogP contribution in [-0.4, -0.2) is 36.6 Å². The Morgan fingerprint density at radius 3 is 2.60 bits per heavy atom. The molecule has 0 bridgehead atoms. The number of pyridine rings is 1. The zero-order valence-electron chi connectivity index (χ0n) is 10.4. The lowest BCUT2D eigenvalue weighted by Gasteiger charge is -2.35. The molecule has 108 valence electrons. The maximum Gasteiger partial charge on any atom is 0.261 e. The molecule has 2 aromatic heterocycles. The lowest BCUT2D eigenvalue weighted by atomic mass is 10.2. The Morgan fingerprint density at radius 1 is 1.20 bits per heavy atom. The molecule has 7 nitrogen and oxygen atoms in total. The van der Waals surface area contributed by atoms with Crippen LogP contribution in [-0.2, 0) is 0 Å². The largest absolute Gasteiger partial charge is 0.501 e. The lowest BCUT2D eigenvalue weighted by Crippen LogP contribution is -2.21. The molecule has 0 aliphatic carbocycles. The molecule has 1 aliphatic heterocycles. The van der Waals surface area contributed by atoms with Crippen molar-refractivity contribution in [1.82, 2.24) is 4.98 Å². The molecular weight excluding hydrogens is 284 g/mol. The molecule has 2 aromatic rings. The van der Waals surface area contributed by atoms with Crippen molar-refractivity contribution in [3.8, 4) is 23.0 Å². The Kier molecular flexibility index (Phi) is 3.00. The second-order valence-electron chi connectivity index (χ2n) is 4.44. The van der Waals surface area contributed by atoms with Gasteiger partial charge in [0, 0.05) is 12.7 Å². The third kappa shape index (κ3) is 1.98. The first-order valence-corrected chi connectivity index (χ1v) is 7.67. The number of hydrogen-bond donors (Lipinski definition) is 4. The van der Waals surface area contributed by atoms with Crippen molar-refractivity contribution in [2.45, 2.75) is 6.42 Å². The summed E-state index contributed by atoms with van der Waals surface area (Å²) in [6.45, 7) is 0.338. The minimum Gasteiger partial charge on any atom is -0.501 e. The van der Waals surface area contributed by atoms with Crippen molar-refractivity contribution in [2.75, 3.05) is 16.6 Å². The Labute approximate surface area is 116 Å². The smallest absolute Gasteiger partial charge is 0.261 e. The van der Waals surface area contributed by atoms with Crippen LogP contribution in [0.4, 0.5) is 5.88 Å². The van der Waals surface area contributed by atoms with Gasteiger partial charge < -0.3 is 14.6 Å². The highest BCUT2D eigenvalue weighted by Gasteiger charge is 2.36. The molecule has 0 radical (unpaired) electrons. The maximum absolute atomic E-state index is 9.95. The number of anilines is 1. The van der Waals surface area contributed by atoms with Gasteiger partial charge in [0.2, 0.25) is 17.3 Å². The van der Waals surface area contributed by atoms with Gasteiger partial charge in [-0.15, -0.1) is 10.8 Å². The van der Waals surface area contributed by atoms with Gasteiger partial charge in [-0.2, -0.15) is 0 Å². The molecule has 0 aromatic carbocycles. The van der Waals surface area contributed by atoms with Crippen molar-refractivity contribution in [3.05, 3.63) is 24.4 Å². The molecule has 0 atom stereocenters. The molecular formula is C12H14N2O5S. The molecule has 1 fully saturated rings. The summed E-state index contributed by atoms with van der Waals surface area (Å²) in [5.74, 6) is -0.888. The van der Waals surface area contributed by atoms with E-state index in [1.165, 1.54) is 10.5 Å². The van der Waals surface area contributed by atoms with Crippen molar-refractivity contribution in [3.63, 3.8) is 0 Å². The van der Waals surface area contributed by atoms with Gasteiger partial charge in [0.1, 0.15) is 5.69 Å². The van der Waals surface area contributed by atoms with Crippen LogP contribution in [0.3, 0.4) is 0 Å². The van der Waals surface area contributed by atoms with E-state index in [0.29, 0.717) is 18.7 Å². The molecule has 1 aliphatic rings. The number of rotatable bonds is 2. The average Bonchev–Trinajstić information content (AvgIpc) is 2.92. The summed E-state index contributed by atoms with van der Waals surface area (Å²) in [5, 5.41) is 19.9. The predicted molar refractivity (Wildman–Crippen MR) is 74.9 cm³/mol. The van der Waals surface area contributed by atoms with Crippen LogP contribution >= 0.6 is 10.8 Å². The van der Waals surface area contributed by atoms with Gasteiger partial charge in [-0.05, 0) is 18.6 Å². The summed E-state index contributed by atoms with van der Waals surface area (Å²) < 4.78 is 26.4. The minimum absolute atomic E-state index is 0.000185. The topological polar surface area (TPSA) is 110 Å². The van der Waals surface area contributed by atoms with Crippen LogP contribution in [0.2, 0.25) is 0 Å². The zero-order chi connectivity index (χ0) is 14.3. The van der Waals surface area contributed by atoms with Crippen molar-refractivity contribution in [2.24, 2.45) is 0 Å². The van der Waals surface area contributed by atoms with Gasteiger partial charge >= 0.3 is 0 Å². The van der Waals surface area contributed by atoms with Gasteiger partial charge in [0.25, 0.3) is 5.88 Å². The van der Waals surface area contributed by atoms with E-state index in [2.05, 4.69) is 4.98 Å². The van der Waals surface area contributed by atoms with Gasteiger partial charge in [-0.25, -0.2) is 4.31 Å². The summed E-state index contributed by atoms with van der Waals surface area (Å²) >= 11 is 0. The fourth-order valence-electron chi connectivity index (χ4n) is 2.13. The standard InChI is InChI=1S/C12H14N2O5S/c15-9-10(16)12(14-6-3-7-20(14,17)18)19-11(9)8-4-1-2-5-13-8/h1-2,4-5,15-18H,3,6-7H2. The molecule has 8 heteroatoms. The zero-order valence-corrected chi connectivity index (χ0v) is 11.2. The average molecular weight is 298 g/mol. The summed E-state index contributed by atoms with van der Waals surface area (Å²) in [7, 11) is -3.00. The Hall–Kier alpha value is -1.90. The first-order valence-electron chi connectivity index (χ1n) is 6.00. The molecule has 3 heterocycles. The second kappa shape index (κ2) is 4.58. The number of hydrogen-bond acceptors (Lipinski definition) is 7. The Bertz CT molecular complexity index is 628. The summed E-state index contributed by atoms with van der Waals surface area (Å²) in [6.07, 6.45) is 2.10. The molecule has 0 spiro atoms. The fraction of sp³-hybridized carbons (Fsp3) is 0.250. The van der Waals surface area contributed by atoms with Crippen LogP contribution < -0.4 is 4.31 Å². The monoisotopic (exact) mass is 298 g/mol. The summed E-state index contributed by atoms with van der Waals surface area (Å²) in [6, 6.07) is 5.04. The number of furan rings is 1. The van der Waals surface area contributed by atoms with E-state index in [1.807, 2.05) is 0 Å². The lowest BCUT2D eigenvalue weighted by molar-refractivity contribution is 0.409. The normalized spacial score (nSPS) is 19.2. The van der Waals surface area contributed by atoms with E-state index in [-0.39, 0.29) is 17.4 Å². The molecule has 0 amide bonds. The first-order chi connectivity index (χ1) is 9.50. The predicted octanol–water partition coefficient (Wildman–Crippen LogP) is 2.63. The van der Waals surface area contributed by atoms with Crippen LogP contribution in [0.25, 0.3) is 11.5 Å². The van der Waals surface area contributed by atoms with Gasteiger partial charge in [0.15, 0.2) is 0 Å². The third-order valence-electron chi connectivity index (χ3n) is 3.10. The molecule has 4 N–H and O–H groups in total. The van der Waals surface area contributed by atoms with Crippen LogP contribution in [0.5, 0.6) is 11.5 Å². The second-order valence-corrected chi connectivity index (χ2v) is 6.55. The first kappa shape index (κ1) is 13.1. The molecule has 3 rings (SSSR count). The number of aromatic hydroxyl groups is 2. The van der Waals surface area contributed by atoms with Crippen LogP contribution in [0.15, 0.2) is 28.8 Å². The highest BCUT2D eigenvalue weighted by Crippen LogP contribution is 2.57. The van der Waals surface area contributed by atoms with Gasteiger partial charge in [0.05, 0.1) is 5.75 Å². The fourth-order valence-corrected chi connectivity index (χ4v) is 3.68. The highest BCUT2D eigenvalue weighted by atomic mass is 32.3. The number of aromatic nitrogens is 1. The molecule has 1 saturated heterocycles. The Balaban J connectivity index is 2.07. The summed E-state index contributed by atoms with van der Waals surface area (Å²) in [4.78, 5) is 4.03. The highest BCUT2D eigenvalue weighted by molar-refractivity contribution is 8.25. The van der Waals surface area contributed by atoms with E-state index in [0.717, 1.165) is 0 Å². The van der Waals surface area contributed by atoms with E-state index < -0.39 is 22.3 Å². The van der Waals surface area contributed by atoms with Crippen molar-refractivity contribution < 1.29 is 23.7 Å². The van der Waals surface area contributed by atoms with Crippen molar-refractivity contribution in [1.29, 1.82) is 0 Å². The Morgan fingerprint density at radius 2 is 2.00 bits per heavy atom. The molecule has 0 unspecified atom stereocenters. The molecule has 0 saturated carbocycles. The van der Waals surface area contributed by atoms with Gasteiger partial charge in [-0.3, -0.25) is 14.1 Å². The van der Waals surface area contributed by atoms with E-state index in [4.69, 9.17) is 4.42 Å². The van der Waals surface area contributed by atoms with Crippen LogP contribution in [0.1, 0.15) is 6.42 Å². The van der Waals surface area contributed by atoms with Crippen molar-refractivity contribution >= 4 is 16.7 Å². The van der Waals surface area contributed by atoms with Gasteiger partial charge in [-0.1, -0.05) is 6.07 Å². The maximum atomic E-state index is 9.95.